The van der Waals surface area contributed by atoms with E-state index in [1.807, 2.05) is 30.5 Å². The molecule has 0 spiro atoms. The number of nitrogens with one attached hydrogen (secondary N) is 3. The Morgan fingerprint density at radius 3 is 2.72 bits per heavy atom. The van der Waals surface area contributed by atoms with Gasteiger partial charge in [0.15, 0.2) is 17.7 Å². The summed E-state index contributed by atoms with van der Waals surface area (Å²) in [5.41, 5.74) is 2.07. The summed E-state index contributed by atoms with van der Waals surface area (Å²) in [6.07, 6.45) is 1.32. The van der Waals surface area contributed by atoms with Gasteiger partial charge in [-0.1, -0.05) is 30.3 Å². The molecule has 7 nitrogen and oxygen atoms in total. The molecule has 2 aromatic heterocycles. The number of aryl methyl sites for hydroxylation is 1. The molecule has 2 heterocycles. The molecule has 3 N–H and O–H groups in total. The minimum absolute atomic E-state index is 0.00606. The van der Waals surface area contributed by atoms with Crippen molar-refractivity contribution in [3.63, 3.8) is 0 Å². The van der Waals surface area contributed by atoms with E-state index in [0.29, 0.717) is 17.9 Å². The second kappa shape index (κ2) is 9.05. The Morgan fingerprint density at radius 2 is 1.94 bits per heavy atom. The van der Waals surface area contributed by atoms with Gasteiger partial charge >= 0.3 is 0 Å². The number of hydrogen-bond acceptors (Lipinski definition) is 4. The van der Waals surface area contributed by atoms with E-state index in [1.165, 1.54) is 18.2 Å². The smallest absolute Gasteiger partial charge is 0.261 e. The maximum atomic E-state index is 13.9. The number of aromatic amines is 2. The van der Waals surface area contributed by atoms with Crippen LogP contribution < -0.4 is 15.6 Å². The van der Waals surface area contributed by atoms with Gasteiger partial charge in [0.25, 0.3) is 11.5 Å². The minimum Gasteiger partial charge on any atom is -0.478 e. The number of hydrogen-bond donors (Lipinski definition) is 3. The molecular weight excluding hydrogens is 411 g/mol. The van der Waals surface area contributed by atoms with E-state index in [1.54, 1.807) is 26.0 Å². The number of halogens is 1. The molecule has 0 aliphatic rings. The number of fused-ring (bicyclic) bond motifs is 1. The molecule has 0 radical (unpaired) electrons. The first-order valence-corrected chi connectivity index (χ1v) is 10.2. The first-order chi connectivity index (χ1) is 15.4. The van der Waals surface area contributed by atoms with Crippen molar-refractivity contribution in [3.8, 4) is 5.75 Å². The second-order valence-electron chi connectivity index (χ2n) is 7.57. The summed E-state index contributed by atoms with van der Waals surface area (Å²) in [6, 6.07) is 14.5. The van der Waals surface area contributed by atoms with Crippen molar-refractivity contribution < 1.29 is 13.9 Å². The molecule has 0 saturated heterocycles. The van der Waals surface area contributed by atoms with Crippen LogP contribution in [0.4, 0.5) is 4.39 Å². The predicted octanol–water partition coefficient (Wildman–Crippen LogP) is 3.57. The van der Waals surface area contributed by atoms with Gasteiger partial charge in [0.2, 0.25) is 0 Å². The first-order valence-electron chi connectivity index (χ1n) is 10.2. The molecule has 0 unspecified atom stereocenters. The van der Waals surface area contributed by atoms with Crippen LogP contribution in [0.2, 0.25) is 0 Å². The van der Waals surface area contributed by atoms with Gasteiger partial charge in [-0.05, 0) is 37.6 Å². The number of para-hydroxylation sites is 2. The topological polar surface area (TPSA) is 99.9 Å². The molecule has 1 amide bonds. The summed E-state index contributed by atoms with van der Waals surface area (Å²) in [7, 11) is 0. The van der Waals surface area contributed by atoms with Crippen molar-refractivity contribution in [2.75, 3.05) is 0 Å². The van der Waals surface area contributed by atoms with Crippen molar-refractivity contribution in [2.45, 2.75) is 32.4 Å². The average Bonchev–Trinajstić information content (AvgIpc) is 3.17. The molecule has 2 atom stereocenters. The Kier molecular flexibility index (Phi) is 6.02. The van der Waals surface area contributed by atoms with Gasteiger partial charge in [0, 0.05) is 29.6 Å². The molecule has 0 aliphatic heterocycles. The van der Waals surface area contributed by atoms with Crippen LogP contribution in [0.3, 0.4) is 0 Å². The average molecular weight is 434 g/mol. The zero-order valence-corrected chi connectivity index (χ0v) is 17.7. The third kappa shape index (κ3) is 4.69. The number of benzene rings is 2. The highest BCUT2D eigenvalue weighted by molar-refractivity contribution is 5.84. The van der Waals surface area contributed by atoms with E-state index in [-0.39, 0.29) is 11.3 Å². The van der Waals surface area contributed by atoms with Gasteiger partial charge < -0.3 is 20.0 Å². The lowest BCUT2D eigenvalue weighted by Crippen LogP contribution is -2.40. The maximum absolute atomic E-state index is 13.9. The lowest BCUT2D eigenvalue weighted by molar-refractivity contribution is -0.128. The SMILES string of the molecule is Cc1nc([C@@H](Cc2c[nH]c3ccccc23)NC(=O)[C@H](C)Oc2ccccc2F)cc(=O)[nH]1. The third-order valence-electron chi connectivity index (χ3n) is 5.16. The van der Waals surface area contributed by atoms with Gasteiger partial charge in [-0.2, -0.15) is 0 Å². The number of amides is 1. The molecule has 0 bridgehead atoms. The number of ether oxygens (including phenoxy) is 1. The van der Waals surface area contributed by atoms with E-state index >= 15 is 0 Å². The normalized spacial score (nSPS) is 13.0. The lowest BCUT2D eigenvalue weighted by atomic mass is 10.0. The summed E-state index contributed by atoms with van der Waals surface area (Å²) >= 11 is 0. The summed E-state index contributed by atoms with van der Waals surface area (Å²) in [4.78, 5) is 35.2. The van der Waals surface area contributed by atoms with Gasteiger partial charge in [0.1, 0.15) is 5.82 Å². The van der Waals surface area contributed by atoms with Crippen molar-refractivity contribution in [1.82, 2.24) is 20.3 Å². The van der Waals surface area contributed by atoms with Crippen LogP contribution in [0.25, 0.3) is 10.9 Å². The van der Waals surface area contributed by atoms with Crippen LogP contribution in [0.15, 0.2) is 65.6 Å². The summed E-state index contributed by atoms with van der Waals surface area (Å²) in [5.74, 6) is -0.554. The zero-order valence-electron chi connectivity index (χ0n) is 17.7. The first kappa shape index (κ1) is 21.3. The van der Waals surface area contributed by atoms with E-state index in [0.717, 1.165) is 16.5 Å². The maximum Gasteiger partial charge on any atom is 0.261 e. The predicted molar refractivity (Wildman–Crippen MR) is 119 cm³/mol. The number of carbonyl (C=O) groups is 1. The quantitative estimate of drug-likeness (QED) is 0.414. The van der Waals surface area contributed by atoms with Crippen LogP contribution >= 0.6 is 0 Å². The van der Waals surface area contributed by atoms with Gasteiger partial charge in [-0.15, -0.1) is 0 Å². The fraction of sp³-hybridized carbons (Fsp3) is 0.208. The molecule has 0 fully saturated rings. The summed E-state index contributed by atoms with van der Waals surface area (Å²) in [5, 5.41) is 3.93. The highest BCUT2D eigenvalue weighted by Gasteiger charge is 2.24. The fourth-order valence-corrected chi connectivity index (χ4v) is 3.60. The third-order valence-corrected chi connectivity index (χ3v) is 5.16. The molecule has 164 valence electrons. The van der Waals surface area contributed by atoms with Crippen molar-refractivity contribution in [2.24, 2.45) is 0 Å². The number of H-pyrrole nitrogens is 2. The highest BCUT2D eigenvalue weighted by atomic mass is 19.1. The molecule has 4 aromatic rings. The van der Waals surface area contributed by atoms with Crippen LogP contribution in [-0.4, -0.2) is 27.0 Å². The second-order valence-corrected chi connectivity index (χ2v) is 7.57. The Balaban J connectivity index is 1.60. The fourth-order valence-electron chi connectivity index (χ4n) is 3.60. The minimum atomic E-state index is -0.958. The number of aromatic nitrogens is 3. The molecular formula is C24H23FN4O3. The van der Waals surface area contributed by atoms with Gasteiger partial charge in [-0.25, -0.2) is 9.37 Å². The van der Waals surface area contributed by atoms with Crippen LogP contribution in [-0.2, 0) is 11.2 Å². The monoisotopic (exact) mass is 434 g/mol. The Morgan fingerprint density at radius 1 is 1.19 bits per heavy atom. The largest absolute Gasteiger partial charge is 0.478 e. The number of nitrogens with zero attached hydrogens (tertiary/aromatic N) is 1. The Labute approximate surface area is 183 Å². The molecule has 32 heavy (non-hydrogen) atoms. The van der Waals surface area contributed by atoms with Crippen molar-refractivity contribution in [3.05, 3.63) is 94.0 Å². The van der Waals surface area contributed by atoms with Crippen molar-refractivity contribution in [1.29, 1.82) is 0 Å². The lowest BCUT2D eigenvalue weighted by Gasteiger charge is -2.21. The van der Waals surface area contributed by atoms with Crippen LogP contribution in [0.5, 0.6) is 5.75 Å². The summed E-state index contributed by atoms with van der Waals surface area (Å²) < 4.78 is 19.4. The summed E-state index contributed by atoms with van der Waals surface area (Å²) in [6.45, 7) is 3.22. The Bertz CT molecular complexity index is 1310. The van der Waals surface area contributed by atoms with Crippen LogP contribution in [0, 0.1) is 12.7 Å². The van der Waals surface area contributed by atoms with Crippen molar-refractivity contribution >= 4 is 16.8 Å². The number of carbonyl (C=O) groups excluding carboxylic acids is 1. The standard InChI is InChI=1S/C24H23FN4O3/c1-14(32-22-10-6-4-8-18(22)25)24(31)29-20(21-12-23(30)28-15(2)27-21)11-16-13-26-19-9-5-3-7-17(16)19/h3-10,12-14,20,26H,11H2,1-2H3,(H,29,31)(H,27,28,30)/t14-,20+/m0/s1. The molecule has 8 heteroatoms. The highest BCUT2D eigenvalue weighted by Crippen LogP contribution is 2.24. The zero-order chi connectivity index (χ0) is 22.7. The molecule has 0 saturated carbocycles. The van der Waals surface area contributed by atoms with E-state index < -0.39 is 23.9 Å². The van der Waals surface area contributed by atoms with Gasteiger partial charge in [0.05, 0.1) is 11.7 Å². The van der Waals surface area contributed by atoms with E-state index in [2.05, 4.69) is 20.3 Å². The van der Waals surface area contributed by atoms with Crippen LogP contribution in [0.1, 0.15) is 30.0 Å². The van der Waals surface area contributed by atoms with Gasteiger partial charge in [-0.3, -0.25) is 9.59 Å². The molecule has 0 aliphatic carbocycles. The van der Waals surface area contributed by atoms with E-state index in [4.69, 9.17) is 4.74 Å². The number of rotatable bonds is 7. The van der Waals surface area contributed by atoms with E-state index in [9.17, 15) is 14.0 Å². The Hall–Kier alpha value is -3.94. The molecule has 4 rings (SSSR count). The molecule has 2 aromatic carbocycles.